The number of amides is 3. The molecule has 0 spiro atoms. The van der Waals surface area contributed by atoms with Crippen LogP contribution < -0.4 is 20.7 Å². The number of ether oxygens (including phenoxy) is 1. The number of benzene rings is 2. The molecule has 8 nitrogen and oxygen atoms in total. The van der Waals surface area contributed by atoms with Gasteiger partial charge in [0.05, 0.1) is 19.2 Å². The number of carbonyl (C=O) groups excluding carboxylic acids is 2. The molecule has 3 aromatic rings. The quantitative estimate of drug-likeness (QED) is 0.588. The van der Waals surface area contributed by atoms with Crippen LogP contribution >= 0.6 is 11.3 Å². The molecule has 0 aliphatic rings. The molecule has 28 heavy (non-hydrogen) atoms. The van der Waals surface area contributed by atoms with Crippen LogP contribution in [-0.4, -0.2) is 29.2 Å². The van der Waals surface area contributed by atoms with Crippen LogP contribution in [0, 0.1) is 6.92 Å². The second-order valence-electron chi connectivity index (χ2n) is 5.82. The van der Waals surface area contributed by atoms with Gasteiger partial charge in [-0.05, 0) is 30.7 Å². The molecule has 0 saturated heterocycles. The van der Waals surface area contributed by atoms with Gasteiger partial charge < -0.3 is 15.4 Å². The lowest BCUT2D eigenvalue weighted by Gasteiger charge is -2.09. The Kier molecular flexibility index (Phi) is 6.18. The SMILES string of the molecule is COc1ccccc1NC(=O)Nc1nnc(CC(=O)Nc2ccccc2C)s1. The van der Waals surface area contributed by atoms with Gasteiger partial charge in [-0.25, -0.2) is 4.79 Å². The van der Waals surface area contributed by atoms with Crippen LogP contribution in [-0.2, 0) is 11.2 Å². The van der Waals surface area contributed by atoms with Crippen LogP contribution in [0.2, 0.25) is 0 Å². The fraction of sp³-hybridized carbons (Fsp3) is 0.158. The molecule has 0 unspecified atom stereocenters. The molecule has 0 aliphatic carbocycles. The van der Waals surface area contributed by atoms with Gasteiger partial charge in [0.15, 0.2) is 0 Å². The second-order valence-corrected chi connectivity index (χ2v) is 6.88. The highest BCUT2D eigenvalue weighted by Crippen LogP contribution is 2.23. The first-order chi connectivity index (χ1) is 13.5. The minimum Gasteiger partial charge on any atom is -0.495 e. The minimum absolute atomic E-state index is 0.0712. The van der Waals surface area contributed by atoms with Gasteiger partial charge in [0.25, 0.3) is 0 Å². The third-order valence-electron chi connectivity index (χ3n) is 3.77. The second kappa shape index (κ2) is 8.96. The summed E-state index contributed by atoms with van der Waals surface area (Å²) in [4.78, 5) is 24.3. The minimum atomic E-state index is -0.475. The van der Waals surface area contributed by atoms with Crippen molar-refractivity contribution < 1.29 is 14.3 Å². The zero-order valence-corrected chi connectivity index (χ0v) is 16.2. The highest BCUT2D eigenvalue weighted by atomic mass is 32.1. The van der Waals surface area contributed by atoms with Crippen molar-refractivity contribution in [3.63, 3.8) is 0 Å². The third kappa shape index (κ3) is 5.04. The van der Waals surface area contributed by atoms with Crippen molar-refractivity contribution in [1.29, 1.82) is 0 Å². The van der Waals surface area contributed by atoms with Crippen LogP contribution in [0.15, 0.2) is 48.5 Å². The molecule has 3 N–H and O–H groups in total. The number of hydrogen-bond donors (Lipinski definition) is 3. The van der Waals surface area contributed by atoms with Crippen molar-refractivity contribution in [2.75, 3.05) is 23.1 Å². The molecule has 0 aliphatic heterocycles. The van der Waals surface area contributed by atoms with Crippen LogP contribution in [0.1, 0.15) is 10.6 Å². The van der Waals surface area contributed by atoms with Gasteiger partial charge in [0.1, 0.15) is 10.8 Å². The first kappa shape index (κ1) is 19.3. The van der Waals surface area contributed by atoms with Crippen LogP contribution in [0.25, 0.3) is 0 Å². The first-order valence-corrected chi connectivity index (χ1v) is 9.25. The van der Waals surface area contributed by atoms with Crippen molar-refractivity contribution in [2.45, 2.75) is 13.3 Å². The van der Waals surface area contributed by atoms with Gasteiger partial charge in [0.2, 0.25) is 11.0 Å². The number of urea groups is 1. The Morgan fingerprint density at radius 2 is 1.68 bits per heavy atom. The maximum atomic E-state index is 12.2. The summed E-state index contributed by atoms with van der Waals surface area (Å²) in [6, 6.07) is 14.1. The fourth-order valence-corrected chi connectivity index (χ4v) is 3.15. The van der Waals surface area contributed by atoms with Gasteiger partial charge in [-0.15, -0.1) is 10.2 Å². The number of aryl methyl sites for hydroxylation is 1. The van der Waals surface area contributed by atoms with E-state index < -0.39 is 6.03 Å². The number of nitrogens with one attached hydrogen (secondary N) is 3. The molecule has 1 heterocycles. The number of methoxy groups -OCH3 is 1. The molecule has 0 bridgehead atoms. The van der Waals surface area contributed by atoms with Gasteiger partial charge in [-0.2, -0.15) is 0 Å². The monoisotopic (exact) mass is 397 g/mol. The molecule has 0 fully saturated rings. The topological polar surface area (TPSA) is 105 Å². The predicted octanol–water partition coefficient (Wildman–Crippen LogP) is 3.68. The summed E-state index contributed by atoms with van der Waals surface area (Å²) in [6.07, 6.45) is 0.0712. The number of aromatic nitrogens is 2. The van der Waals surface area contributed by atoms with Gasteiger partial charge in [0, 0.05) is 5.69 Å². The van der Waals surface area contributed by atoms with Crippen molar-refractivity contribution in [2.24, 2.45) is 0 Å². The first-order valence-electron chi connectivity index (χ1n) is 8.44. The average molecular weight is 397 g/mol. The van der Waals surface area contributed by atoms with Gasteiger partial charge >= 0.3 is 6.03 Å². The molecule has 144 valence electrons. The van der Waals surface area contributed by atoms with E-state index in [4.69, 9.17) is 4.74 Å². The molecule has 9 heteroatoms. The van der Waals surface area contributed by atoms with E-state index in [0.717, 1.165) is 22.6 Å². The molecule has 3 amide bonds. The van der Waals surface area contributed by atoms with Crippen LogP contribution in [0.5, 0.6) is 5.75 Å². The lowest BCUT2D eigenvalue weighted by atomic mass is 10.2. The van der Waals surface area contributed by atoms with Crippen molar-refractivity contribution in [1.82, 2.24) is 10.2 Å². The number of hydrogen-bond acceptors (Lipinski definition) is 6. The molecule has 0 saturated carbocycles. The summed E-state index contributed by atoms with van der Waals surface area (Å²) in [6.45, 7) is 1.92. The van der Waals surface area contributed by atoms with E-state index in [0.29, 0.717) is 21.6 Å². The zero-order chi connectivity index (χ0) is 19.9. The summed E-state index contributed by atoms with van der Waals surface area (Å²) in [5.74, 6) is 0.346. The van der Waals surface area contributed by atoms with Crippen molar-refractivity contribution >= 4 is 39.8 Å². The van der Waals surface area contributed by atoms with E-state index in [2.05, 4.69) is 26.1 Å². The lowest BCUT2D eigenvalue weighted by molar-refractivity contribution is -0.115. The molecule has 3 rings (SSSR count). The number of anilines is 3. The smallest absolute Gasteiger partial charge is 0.325 e. The van der Waals surface area contributed by atoms with Crippen LogP contribution in [0.4, 0.5) is 21.3 Å². The Labute approximate surface area is 166 Å². The van der Waals surface area contributed by atoms with Crippen molar-refractivity contribution in [3.05, 3.63) is 59.1 Å². The van der Waals surface area contributed by atoms with Crippen molar-refractivity contribution in [3.8, 4) is 5.75 Å². The Morgan fingerprint density at radius 1 is 0.964 bits per heavy atom. The summed E-state index contributed by atoms with van der Waals surface area (Å²) >= 11 is 1.14. The maximum absolute atomic E-state index is 12.2. The number of carbonyl (C=O) groups is 2. The summed E-state index contributed by atoms with van der Waals surface area (Å²) in [5.41, 5.74) is 2.26. The Hall–Kier alpha value is -3.46. The average Bonchev–Trinajstić information content (AvgIpc) is 3.10. The normalized spacial score (nSPS) is 10.2. The number of para-hydroxylation sites is 3. The fourth-order valence-electron chi connectivity index (χ4n) is 2.42. The molecule has 2 aromatic carbocycles. The lowest BCUT2D eigenvalue weighted by Crippen LogP contribution is -2.19. The van der Waals surface area contributed by atoms with E-state index in [1.807, 2.05) is 31.2 Å². The molecule has 0 radical (unpaired) electrons. The van der Waals surface area contributed by atoms with E-state index in [1.54, 1.807) is 24.3 Å². The van der Waals surface area contributed by atoms with E-state index in [-0.39, 0.29) is 12.3 Å². The summed E-state index contributed by atoms with van der Waals surface area (Å²) in [7, 11) is 1.53. The number of nitrogens with zero attached hydrogens (tertiary/aromatic N) is 2. The zero-order valence-electron chi connectivity index (χ0n) is 15.4. The molecular weight excluding hydrogens is 378 g/mol. The Balaban J connectivity index is 1.55. The molecular formula is C19H19N5O3S. The van der Waals surface area contributed by atoms with E-state index in [1.165, 1.54) is 7.11 Å². The molecule has 1 aromatic heterocycles. The third-order valence-corrected chi connectivity index (χ3v) is 4.61. The maximum Gasteiger partial charge on any atom is 0.325 e. The van der Waals surface area contributed by atoms with Gasteiger partial charge in [-0.1, -0.05) is 41.7 Å². The highest BCUT2D eigenvalue weighted by Gasteiger charge is 2.13. The van der Waals surface area contributed by atoms with E-state index >= 15 is 0 Å². The van der Waals surface area contributed by atoms with Gasteiger partial charge in [-0.3, -0.25) is 10.1 Å². The predicted molar refractivity (Wildman–Crippen MR) is 109 cm³/mol. The highest BCUT2D eigenvalue weighted by molar-refractivity contribution is 7.15. The Morgan fingerprint density at radius 3 is 2.43 bits per heavy atom. The summed E-state index contributed by atoms with van der Waals surface area (Å²) < 4.78 is 5.19. The van der Waals surface area contributed by atoms with E-state index in [9.17, 15) is 9.59 Å². The summed E-state index contributed by atoms with van der Waals surface area (Å²) in [5, 5.41) is 16.8. The number of rotatable bonds is 6. The van der Waals surface area contributed by atoms with Crippen LogP contribution in [0.3, 0.4) is 0 Å². The Bertz CT molecular complexity index is 989. The molecule has 0 atom stereocenters. The standard InChI is InChI=1S/C19H19N5O3S/c1-12-7-3-4-8-13(12)20-16(25)11-17-23-24-19(28-17)22-18(26)21-14-9-5-6-10-15(14)27-2/h3-10H,11H2,1-2H3,(H,20,25)(H2,21,22,24,26). The largest absolute Gasteiger partial charge is 0.495 e.